The lowest BCUT2D eigenvalue weighted by Gasteiger charge is -2.11. The lowest BCUT2D eigenvalue weighted by atomic mass is 10.1. The predicted octanol–water partition coefficient (Wildman–Crippen LogP) is 2.90. The monoisotopic (exact) mass is 330 g/mol. The lowest BCUT2D eigenvalue weighted by molar-refractivity contribution is -0.137. The molecule has 0 aliphatic carbocycles. The molecule has 1 aromatic carbocycles. The summed E-state index contributed by atoms with van der Waals surface area (Å²) in [6.07, 6.45) is -3.50. The Morgan fingerprint density at radius 2 is 1.94 bits per heavy atom. The molecular formula is C9H6BrF3O3S. The van der Waals surface area contributed by atoms with Crippen LogP contribution in [0.5, 0.6) is 0 Å². The third kappa shape index (κ3) is 3.06. The fraction of sp³-hybridized carbons (Fsp3) is 0.222. The Balaban J connectivity index is 3.58. The van der Waals surface area contributed by atoms with E-state index in [4.69, 9.17) is 5.11 Å². The van der Waals surface area contributed by atoms with Crippen LogP contribution in [0.15, 0.2) is 21.5 Å². The number of hydrogen-bond donors (Lipinski definition) is 1. The Morgan fingerprint density at radius 3 is 2.29 bits per heavy atom. The van der Waals surface area contributed by atoms with Gasteiger partial charge in [0.15, 0.2) is 0 Å². The number of carboxylic acids is 1. The molecule has 8 heteroatoms. The molecule has 1 atom stereocenters. The Kier molecular flexibility index (Phi) is 3.98. The summed E-state index contributed by atoms with van der Waals surface area (Å²) in [4.78, 5) is 10.5. The lowest BCUT2D eigenvalue weighted by Crippen LogP contribution is -2.11. The number of halogens is 4. The van der Waals surface area contributed by atoms with E-state index in [0.717, 1.165) is 6.26 Å². The molecule has 1 rings (SSSR count). The molecule has 3 nitrogen and oxygen atoms in total. The van der Waals surface area contributed by atoms with Crippen LogP contribution in [0, 0.1) is 0 Å². The molecule has 0 radical (unpaired) electrons. The minimum absolute atomic E-state index is 0.245. The quantitative estimate of drug-likeness (QED) is 0.907. The van der Waals surface area contributed by atoms with Crippen LogP contribution in [0.25, 0.3) is 0 Å². The van der Waals surface area contributed by atoms with E-state index in [-0.39, 0.29) is 9.37 Å². The minimum Gasteiger partial charge on any atom is -0.478 e. The van der Waals surface area contributed by atoms with E-state index in [1.54, 1.807) is 0 Å². The normalized spacial score (nSPS) is 13.5. The van der Waals surface area contributed by atoms with E-state index in [1.807, 2.05) is 0 Å². The number of alkyl halides is 3. The van der Waals surface area contributed by atoms with Gasteiger partial charge >= 0.3 is 12.1 Å². The summed E-state index contributed by atoms with van der Waals surface area (Å²) < 4.78 is 48.4. The maximum Gasteiger partial charge on any atom is 0.416 e. The third-order valence-corrected chi connectivity index (χ3v) is 3.47. The average Bonchev–Trinajstić information content (AvgIpc) is 2.13. The summed E-state index contributed by atoms with van der Waals surface area (Å²) in [5.41, 5.74) is -1.46. The third-order valence-electron chi connectivity index (χ3n) is 1.90. The van der Waals surface area contributed by atoms with E-state index in [2.05, 4.69) is 15.9 Å². The first-order valence-electron chi connectivity index (χ1n) is 4.12. The molecule has 17 heavy (non-hydrogen) atoms. The van der Waals surface area contributed by atoms with Gasteiger partial charge in [0.25, 0.3) is 0 Å². The zero-order valence-corrected chi connectivity index (χ0v) is 10.7. The summed E-state index contributed by atoms with van der Waals surface area (Å²) in [6, 6.07) is 1.24. The number of aromatic carboxylic acids is 1. The van der Waals surface area contributed by atoms with Crippen molar-refractivity contribution in [1.82, 2.24) is 0 Å². The van der Waals surface area contributed by atoms with Crippen LogP contribution in [0.1, 0.15) is 15.9 Å². The van der Waals surface area contributed by atoms with Crippen molar-refractivity contribution in [2.45, 2.75) is 11.1 Å². The SMILES string of the molecule is CS(=O)c1cc(C(F)(F)F)cc(Br)c1C(=O)O. The first kappa shape index (κ1) is 14.2. The molecule has 0 aromatic heterocycles. The second-order valence-corrected chi connectivity index (χ2v) is 5.29. The van der Waals surface area contributed by atoms with Crippen LogP contribution in [0.4, 0.5) is 13.2 Å². The van der Waals surface area contributed by atoms with Crippen molar-refractivity contribution in [2.75, 3.05) is 6.26 Å². The van der Waals surface area contributed by atoms with Gasteiger partial charge in [-0.05, 0) is 28.1 Å². The summed E-state index contributed by atoms with van der Waals surface area (Å²) in [6.45, 7) is 0. The first-order chi connectivity index (χ1) is 7.64. The van der Waals surface area contributed by atoms with Crippen LogP contribution in [0.2, 0.25) is 0 Å². The van der Waals surface area contributed by atoms with E-state index in [1.165, 1.54) is 0 Å². The highest BCUT2D eigenvalue weighted by Crippen LogP contribution is 2.35. The van der Waals surface area contributed by atoms with Crippen molar-refractivity contribution in [2.24, 2.45) is 0 Å². The molecule has 1 N–H and O–H groups in total. The largest absolute Gasteiger partial charge is 0.478 e. The summed E-state index contributed by atoms with van der Waals surface area (Å²) in [5.74, 6) is -1.43. The van der Waals surface area contributed by atoms with Gasteiger partial charge < -0.3 is 5.11 Å². The highest BCUT2D eigenvalue weighted by Gasteiger charge is 2.33. The van der Waals surface area contributed by atoms with Gasteiger partial charge in [0.05, 0.1) is 26.8 Å². The molecule has 0 spiro atoms. The molecule has 1 aromatic rings. The van der Waals surface area contributed by atoms with Crippen LogP contribution in [-0.2, 0) is 17.0 Å². The molecular weight excluding hydrogens is 325 g/mol. The predicted molar refractivity (Wildman–Crippen MR) is 58.4 cm³/mol. The minimum atomic E-state index is -4.62. The van der Waals surface area contributed by atoms with Crippen LogP contribution in [-0.4, -0.2) is 21.5 Å². The molecule has 0 bridgehead atoms. The van der Waals surface area contributed by atoms with Gasteiger partial charge in [-0.2, -0.15) is 13.2 Å². The van der Waals surface area contributed by atoms with Gasteiger partial charge in [0, 0.05) is 10.7 Å². The van der Waals surface area contributed by atoms with Gasteiger partial charge in [-0.25, -0.2) is 4.79 Å². The molecule has 0 amide bonds. The molecule has 0 saturated carbocycles. The smallest absolute Gasteiger partial charge is 0.416 e. The van der Waals surface area contributed by atoms with Crippen molar-refractivity contribution < 1.29 is 27.3 Å². The number of carbonyl (C=O) groups is 1. The van der Waals surface area contributed by atoms with Gasteiger partial charge in [0.2, 0.25) is 0 Å². The number of benzene rings is 1. The molecule has 0 heterocycles. The second kappa shape index (κ2) is 4.77. The zero-order valence-electron chi connectivity index (χ0n) is 8.34. The van der Waals surface area contributed by atoms with Crippen molar-refractivity contribution in [3.05, 3.63) is 27.7 Å². The molecule has 0 aliphatic rings. The van der Waals surface area contributed by atoms with E-state index in [0.29, 0.717) is 12.1 Å². The van der Waals surface area contributed by atoms with E-state index < -0.39 is 34.1 Å². The average molecular weight is 331 g/mol. The van der Waals surface area contributed by atoms with Crippen molar-refractivity contribution in [3.8, 4) is 0 Å². The summed E-state index contributed by atoms with van der Waals surface area (Å²) in [5, 5.41) is 8.84. The van der Waals surface area contributed by atoms with Gasteiger partial charge in [-0.1, -0.05) is 0 Å². The van der Waals surface area contributed by atoms with E-state index >= 15 is 0 Å². The van der Waals surface area contributed by atoms with Crippen LogP contribution < -0.4 is 0 Å². The number of carboxylic acid groups (broad SMARTS) is 1. The Hall–Kier alpha value is -0.890. The molecule has 0 fully saturated rings. The van der Waals surface area contributed by atoms with Gasteiger partial charge in [-0.3, -0.25) is 4.21 Å². The molecule has 0 saturated heterocycles. The number of hydrogen-bond acceptors (Lipinski definition) is 2. The van der Waals surface area contributed by atoms with Gasteiger partial charge in [0.1, 0.15) is 0 Å². The topological polar surface area (TPSA) is 54.4 Å². The summed E-state index contributed by atoms with van der Waals surface area (Å²) in [7, 11) is -1.83. The Bertz CT molecular complexity index is 499. The van der Waals surface area contributed by atoms with E-state index in [9.17, 15) is 22.2 Å². The maximum absolute atomic E-state index is 12.5. The van der Waals surface area contributed by atoms with Crippen LogP contribution >= 0.6 is 15.9 Å². The van der Waals surface area contributed by atoms with Crippen molar-refractivity contribution in [1.29, 1.82) is 0 Å². The summed E-state index contributed by atoms with van der Waals surface area (Å²) >= 11 is 2.74. The fourth-order valence-electron chi connectivity index (χ4n) is 1.18. The number of rotatable bonds is 2. The Morgan fingerprint density at radius 1 is 1.41 bits per heavy atom. The fourth-order valence-corrected chi connectivity index (χ4v) is 2.72. The van der Waals surface area contributed by atoms with Crippen LogP contribution in [0.3, 0.4) is 0 Å². The van der Waals surface area contributed by atoms with Crippen molar-refractivity contribution in [3.63, 3.8) is 0 Å². The first-order valence-corrected chi connectivity index (χ1v) is 6.47. The standard InChI is InChI=1S/C9H6BrF3O3S/c1-17(16)6-3-4(9(11,12)13)2-5(10)7(6)8(14)15/h2-3H,1H3,(H,14,15). The Labute approximate surface area is 105 Å². The molecule has 94 valence electrons. The van der Waals surface area contributed by atoms with Crippen molar-refractivity contribution >= 4 is 32.7 Å². The molecule has 0 aliphatic heterocycles. The molecule has 1 unspecified atom stereocenters. The second-order valence-electron chi connectivity index (χ2n) is 3.09. The maximum atomic E-state index is 12.5. The zero-order chi connectivity index (χ0) is 13.4. The van der Waals surface area contributed by atoms with Gasteiger partial charge in [-0.15, -0.1) is 0 Å². The highest BCUT2D eigenvalue weighted by molar-refractivity contribution is 9.10. The highest BCUT2D eigenvalue weighted by atomic mass is 79.9.